The Morgan fingerprint density at radius 1 is 1.24 bits per heavy atom. The Balaban J connectivity index is 1.64. The van der Waals surface area contributed by atoms with Crippen molar-refractivity contribution in [3.63, 3.8) is 0 Å². The minimum atomic E-state index is -0.839. The second-order valence-electron chi connectivity index (χ2n) is 6.00. The number of para-hydroxylation sites is 1. The van der Waals surface area contributed by atoms with E-state index >= 15 is 0 Å². The maximum Gasteiger partial charge on any atom is 0.255 e. The summed E-state index contributed by atoms with van der Waals surface area (Å²) in [6, 6.07) is 12.3. The summed E-state index contributed by atoms with van der Waals surface area (Å²) in [5.41, 5.74) is 1.07. The summed E-state index contributed by atoms with van der Waals surface area (Å²) in [7, 11) is 0. The quantitative estimate of drug-likeness (QED) is 0.843. The third-order valence-electron chi connectivity index (χ3n) is 3.71. The van der Waals surface area contributed by atoms with Crippen molar-refractivity contribution in [1.82, 2.24) is 5.32 Å². The highest BCUT2D eigenvalue weighted by Crippen LogP contribution is 2.35. The van der Waals surface area contributed by atoms with Crippen LogP contribution in [0.15, 0.2) is 42.5 Å². The fraction of sp³-hybridized carbons (Fsp3) is 0.316. The molecule has 1 aliphatic heterocycles. The zero-order valence-corrected chi connectivity index (χ0v) is 14.2. The van der Waals surface area contributed by atoms with Crippen LogP contribution < -0.4 is 19.5 Å². The van der Waals surface area contributed by atoms with Gasteiger partial charge in [0.05, 0.1) is 17.8 Å². The number of hydrogen-bond acceptors (Lipinski definition) is 5. The van der Waals surface area contributed by atoms with Gasteiger partial charge in [-0.1, -0.05) is 18.2 Å². The highest BCUT2D eigenvalue weighted by atomic mass is 16.7. The van der Waals surface area contributed by atoms with E-state index in [-0.39, 0.29) is 25.3 Å². The van der Waals surface area contributed by atoms with Crippen molar-refractivity contribution in [2.45, 2.75) is 26.1 Å². The molecule has 1 heterocycles. The van der Waals surface area contributed by atoms with Crippen LogP contribution in [-0.2, 0) is 0 Å². The maximum absolute atomic E-state index is 12.4. The van der Waals surface area contributed by atoms with E-state index < -0.39 is 6.10 Å². The van der Waals surface area contributed by atoms with E-state index in [1.54, 1.807) is 30.3 Å². The monoisotopic (exact) mass is 343 g/mol. The van der Waals surface area contributed by atoms with Crippen molar-refractivity contribution in [2.75, 3.05) is 13.3 Å². The molecule has 0 fully saturated rings. The van der Waals surface area contributed by atoms with Gasteiger partial charge in [0.25, 0.3) is 5.91 Å². The molecule has 0 bridgehead atoms. The van der Waals surface area contributed by atoms with Crippen molar-refractivity contribution >= 4 is 5.91 Å². The number of fused-ring (bicyclic) bond motifs is 1. The third kappa shape index (κ3) is 4.03. The number of amides is 1. The molecule has 0 saturated carbocycles. The van der Waals surface area contributed by atoms with Gasteiger partial charge in [-0.15, -0.1) is 0 Å². The SMILES string of the molecule is CC(C)Oc1cccc([C@@H](O)CNC(=O)c2cccc3c2OCO3)c1. The highest BCUT2D eigenvalue weighted by molar-refractivity contribution is 5.97. The molecule has 0 spiro atoms. The highest BCUT2D eigenvalue weighted by Gasteiger charge is 2.22. The van der Waals surface area contributed by atoms with Crippen molar-refractivity contribution in [3.8, 4) is 17.2 Å². The molecule has 0 unspecified atom stereocenters. The molecule has 1 atom stereocenters. The molecule has 2 aromatic carbocycles. The average Bonchev–Trinajstić information content (AvgIpc) is 3.07. The van der Waals surface area contributed by atoms with E-state index in [0.717, 1.165) is 0 Å². The van der Waals surface area contributed by atoms with Gasteiger partial charge in [0.1, 0.15) is 5.75 Å². The molecule has 2 N–H and O–H groups in total. The fourth-order valence-electron chi connectivity index (χ4n) is 2.58. The van der Waals surface area contributed by atoms with Crippen LogP contribution in [0.3, 0.4) is 0 Å². The number of aliphatic hydroxyl groups is 1. The Morgan fingerprint density at radius 2 is 2.04 bits per heavy atom. The van der Waals surface area contributed by atoms with E-state index in [0.29, 0.717) is 28.4 Å². The van der Waals surface area contributed by atoms with Crippen LogP contribution in [0, 0.1) is 0 Å². The molecular weight excluding hydrogens is 322 g/mol. The number of aliphatic hydroxyl groups excluding tert-OH is 1. The zero-order valence-electron chi connectivity index (χ0n) is 14.2. The number of carbonyl (C=O) groups excluding carboxylic acids is 1. The van der Waals surface area contributed by atoms with Crippen molar-refractivity contribution in [2.24, 2.45) is 0 Å². The summed E-state index contributed by atoms with van der Waals surface area (Å²) in [4.78, 5) is 12.4. The molecule has 2 aromatic rings. The summed E-state index contributed by atoms with van der Waals surface area (Å²) in [5.74, 6) is 1.34. The molecule has 6 heteroatoms. The fourth-order valence-corrected chi connectivity index (χ4v) is 2.58. The van der Waals surface area contributed by atoms with E-state index in [1.807, 2.05) is 26.0 Å². The molecule has 1 aliphatic rings. The van der Waals surface area contributed by atoms with E-state index in [1.165, 1.54) is 0 Å². The maximum atomic E-state index is 12.4. The summed E-state index contributed by atoms with van der Waals surface area (Å²) in [6.07, 6.45) is -0.789. The first kappa shape index (κ1) is 17.1. The van der Waals surface area contributed by atoms with Crippen molar-refractivity contribution in [3.05, 3.63) is 53.6 Å². The third-order valence-corrected chi connectivity index (χ3v) is 3.71. The van der Waals surface area contributed by atoms with Gasteiger partial charge in [-0.25, -0.2) is 0 Å². The molecular formula is C19H21NO5. The van der Waals surface area contributed by atoms with Crippen LogP contribution >= 0.6 is 0 Å². The first-order chi connectivity index (χ1) is 12.0. The second-order valence-corrected chi connectivity index (χ2v) is 6.00. The van der Waals surface area contributed by atoms with Crippen LogP contribution in [0.25, 0.3) is 0 Å². The Bertz CT molecular complexity index is 759. The Morgan fingerprint density at radius 3 is 2.84 bits per heavy atom. The van der Waals surface area contributed by atoms with Crippen LogP contribution in [0.2, 0.25) is 0 Å². The van der Waals surface area contributed by atoms with Gasteiger partial charge in [-0.05, 0) is 43.7 Å². The Labute approximate surface area is 146 Å². The van der Waals surface area contributed by atoms with Crippen LogP contribution in [0.1, 0.15) is 35.9 Å². The van der Waals surface area contributed by atoms with Gasteiger partial charge in [0.15, 0.2) is 11.5 Å². The lowest BCUT2D eigenvalue weighted by molar-refractivity contribution is 0.0911. The van der Waals surface area contributed by atoms with Crippen molar-refractivity contribution in [1.29, 1.82) is 0 Å². The number of hydrogen-bond donors (Lipinski definition) is 2. The summed E-state index contributed by atoms with van der Waals surface area (Å²) in [5, 5.41) is 13.1. The molecule has 0 saturated heterocycles. The Kier molecular flexibility index (Phi) is 5.09. The molecule has 1 amide bonds. The number of carbonyl (C=O) groups is 1. The largest absolute Gasteiger partial charge is 0.491 e. The van der Waals surface area contributed by atoms with Crippen molar-refractivity contribution < 1.29 is 24.1 Å². The standard InChI is InChI=1S/C19H21NO5/c1-12(2)25-14-6-3-5-13(9-14)16(21)10-20-19(22)15-7-4-8-17-18(15)24-11-23-17/h3-9,12,16,21H,10-11H2,1-2H3,(H,20,22)/t16-/m0/s1. The summed E-state index contributed by atoms with van der Waals surface area (Å²) in [6.45, 7) is 4.06. The van der Waals surface area contributed by atoms with Gasteiger partial charge >= 0.3 is 0 Å². The predicted octanol–water partition coefficient (Wildman–Crippen LogP) is 2.67. The number of benzene rings is 2. The molecule has 6 nitrogen and oxygen atoms in total. The van der Waals surface area contributed by atoms with Gasteiger partial charge < -0.3 is 24.6 Å². The lowest BCUT2D eigenvalue weighted by atomic mass is 10.1. The lowest BCUT2D eigenvalue weighted by Crippen LogP contribution is -2.28. The van der Waals surface area contributed by atoms with E-state index in [9.17, 15) is 9.90 Å². The summed E-state index contributed by atoms with van der Waals surface area (Å²) < 4.78 is 16.2. The molecule has 3 rings (SSSR count). The second kappa shape index (κ2) is 7.44. The lowest BCUT2D eigenvalue weighted by Gasteiger charge is -2.15. The van der Waals surface area contributed by atoms with Crippen LogP contribution in [-0.4, -0.2) is 30.5 Å². The topological polar surface area (TPSA) is 77.0 Å². The number of nitrogens with one attached hydrogen (secondary N) is 1. The molecule has 0 aliphatic carbocycles. The normalized spacial score (nSPS) is 13.6. The van der Waals surface area contributed by atoms with E-state index in [2.05, 4.69) is 5.32 Å². The molecule has 0 aromatic heterocycles. The number of ether oxygens (including phenoxy) is 3. The Hall–Kier alpha value is -2.73. The van der Waals surface area contributed by atoms with Gasteiger partial charge in [-0.2, -0.15) is 0 Å². The number of rotatable bonds is 6. The average molecular weight is 343 g/mol. The molecule has 132 valence electrons. The first-order valence-electron chi connectivity index (χ1n) is 8.16. The molecule has 0 radical (unpaired) electrons. The van der Waals surface area contributed by atoms with Gasteiger partial charge in [0, 0.05) is 6.54 Å². The zero-order chi connectivity index (χ0) is 17.8. The first-order valence-corrected chi connectivity index (χ1v) is 8.16. The van der Waals surface area contributed by atoms with Gasteiger partial charge in [-0.3, -0.25) is 4.79 Å². The smallest absolute Gasteiger partial charge is 0.255 e. The predicted molar refractivity (Wildman–Crippen MR) is 92.1 cm³/mol. The van der Waals surface area contributed by atoms with Gasteiger partial charge in [0.2, 0.25) is 6.79 Å². The summed E-state index contributed by atoms with van der Waals surface area (Å²) >= 11 is 0. The van der Waals surface area contributed by atoms with E-state index in [4.69, 9.17) is 14.2 Å². The minimum Gasteiger partial charge on any atom is -0.491 e. The minimum absolute atomic E-state index is 0.0505. The molecule has 25 heavy (non-hydrogen) atoms. The van der Waals surface area contributed by atoms with Crippen LogP contribution in [0.5, 0.6) is 17.2 Å². The van der Waals surface area contributed by atoms with Crippen LogP contribution in [0.4, 0.5) is 0 Å².